The van der Waals surface area contributed by atoms with Crippen LogP contribution in [0.2, 0.25) is 0 Å². The van der Waals surface area contributed by atoms with E-state index in [-0.39, 0.29) is 10.3 Å². The van der Waals surface area contributed by atoms with Gasteiger partial charge >= 0.3 is 6.09 Å². The minimum atomic E-state index is -3.44. The van der Waals surface area contributed by atoms with Gasteiger partial charge in [-0.15, -0.1) is 0 Å². The van der Waals surface area contributed by atoms with Crippen LogP contribution in [-0.2, 0) is 21.8 Å². The van der Waals surface area contributed by atoms with Gasteiger partial charge in [0, 0.05) is 11.7 Å². The van der Waals surface area contributed by atoms with Gasteiger partial charge in [-0.2, -0.15) is 0 Å². The normalized spacial score (nSPS) is 23.0. The summed E-state index contributed by atoms with van der Waals surface area (Å²) in [6, 6.07) is 13.2. The minimum absolute atomic E-state index is 0.215. The fourth-order valence-electron chi connectivity index (χ4n) is 5.35. The molecule has 1 spiro atoms. The van der Waals surface area contributed by atoms with Crippen LogP contribution in [0.4, 0.5) is 4.79 Å². The van der Waals surface area contributed by atoms with E-state index in [9.17, 15) is 18.3 Å². The maximum absolute atomic E-state index is 12.3. The van der Waals surface area contributed by atoms with Crippen molar-refractivity contribution in [1.82, 2.24) is 10.6 Å². The molecule has 1 atom stereocenters. The summed E-state index contributed by atoms with van der Waals surface area (Å²) in [6.45, 7) is 3.44. The zero-order valence-corrected chi connectivity index (χ0v) is 17.5. The summed E-state index contributed by atoms with van der Waals surface area (Å²) in [5.74, 6) is 0. The van der Waals surface area contributed by atoms with Crippen molar-refractivity contribution < 1.29 is 18.3 Å². The highest BCUT2D eigenvalue weighted by Crippen LogP contribution is 2.58. The van der Waals surface area contributed by atoms with Gasteiger partial charge in [-0.05, 0) is 73.7 Å². The van der Waals surface area contributed by atoms with Crippen LogP contribution in [0, 0.1) is 12.3 Å². The van der Waals surface area contributed by atoms with Gasteiger partial charge in [0.25, 0.3) is 0 Å². The molecule has 1 amide bonds. The molecule has 1 aliphatic carbocycles. The van der Waals surface area contributed by atoms with Crippen LogP contribution in [0.3, 0.4) is 0 Å². The third-order valence-corrected chi connectivity index (χ3v) is 7.60. The first-order valence-corrected chi connectivity index (χ1v) is 11.7. The Morgan fingerprint density at radius 2 is 1.83 bits per heavy atom. The summed E-state index contributed by atoms with van der Waals surface area (Å²) in [5, 5.41) is 16.2. The Balaban J connectivity index is 2.07. The van der Waals surface area contributed by atoms with Crippen LogP contribution in [0.25, 0.3) is 0 Å². The number of nitrogens with one attached hydrogen (secondary N) is 2. The third-order valence-electron chi connectivity index (χ3n) is 6.51. The van der Waals surface area contributed by atoms with Crippen molar-refractivity contribution in [2.24, 2.45) is 5.41 Å². The monoisotopic (exact) mass is 414 g/mol. The van der Waals surface area contributed by atoms with Gasteiger partial charge in [0.2, 0.25) is 0 Å². The molecule has 2 aromatic carbocycles. The second-order valence-corrected chi connectivity index (χ2v) is 10.4. The quantitative estimate of drug-likeness (QED) is 0.718. The Labute approximate surface area is 171 Å². The number of benzene rings is 2. The number of sulfone groups is 1. The van der Waals surface area contributed by atoms with Crippen LogP contribution >= 0.6 is 0 Å². The van der Waals surface area contributed by atoms with Gasteiger partial charge < -0.3 is 15.7 Å². The summed E-state index contributed by atoms with van der Waals surface area (Å²) < 4.78 is 24.7. The van der Waals surface area contributed by atoms with Gasteiger partial charge in [-0.25, -0.2) is 13.2 Å². The molecule has 3 N–H and O–H groups in total. The molecule has 2 aromatic rings. The molecule has 1 fully saturated rings. The van der Waals surface area contributed by atoms with Gasteiger partial charge in [-0.3, -0.25) is 0 Å². The van der Waals surface area contributed by atoms with Gasteiger partial charge in [-0.1, -0.05) is 30.3 Å². The molecule has 1 saturated heterocycles. The number of hydrogen-bond acceptors (Lipinski definition) is 4. The van der Waals surface area contributed by atoms with Crippen molar-refractivity contribution in [3.63, 3.8) is 0 Å². The molecule has 0 unspecified atom stereocenters. The van der Waals surface area contributed by atoms with E-state index in [2.05, 4.69) is 16.7 Å². The molecule has 6 nitrogen and oxygen atoms in total. The van der Waals surface area contributed by atoms with Crippen molar-refractivity contribution >= 4 is 15.9 Å². The fourth-order valence-corrected chi connectivity index (χ4v) is 6.09. The second-order valence-electron chi connectivity index (χ2n) is 8.35. The van der Waals surface area contributed by atoms with Crippen molar-refractivity contribution in [3.05, 3.63) is 64.7 Å². The number of carboxylic acid groups (broad SMARTS) is 1. The lowest BCUT2D eigenvalue weighted by Crippen LogP contribution is -2.59. The molecular formula is C22H26N2O4S. The summed E-state index contributed by atoms with van der Waals surface area (Å²) in [4.78, 5) is 12.3. The molecule has 0 bridgehead atoms. The average molecular weight is 415 g/mol. The highest BCUT2D eigenvalue weighted by Gasteiger charge is 2.59. The molecule has 4 rings (SSSR count). The number of carbonyl (C=O) groups is 1. The number of aryl methyl sites for hydroxylation is 1. The van der Waals surface area contributed by atoms with E-state index in [4.69, 9.17) is 0 Å². The van der Waals surface area contributed by atoms with Crippen LogP contribution in [0.1, 0.15) is 35.1 Å². The molecule has 0 aromatic heterocycles. The van der Waals surface area contributed by atoms with E-state index in [0.717, 1.165) is 49.0 Å². The number of fused-ring (bicyclic) bond motifs is 1. The Bertz CT molecular complexity index is 1070. The second kappa shape index (κ2) is 6.85. The topological polar surface area (TPSA) is 95.5 Å². The van der Waals surface area contributed by atoms with Crippen molar-refractivity contribution in [2.75, 3.05) is 19.3 Å². The standard InChI is InChI=1S/C22H26N2O4S/c1-15-11-17(13-18(12-15)29(2,27)28)22(24-20(25)26)19-6-4-3-5-16(19)14-21(22)7-9-23-10-8-21/h3-6,11-13,23-24H,7-10,14H2,1-2H3,(H,25,26)/t22-/m1/s1. The van der Waals surface area contributed by atoms with E-state index >= 15 is 0 Å². The smallest absolute Gasteiger partial charge is 0.405 e. The number of hydrogen-bond donors (Lipinski definition) is 3. The van der Waals surface area contributed by atoms with Crippen molar-refractivity contribution in [1.29, 1.82) is 0 Å². The Morgan fingerprint density at radius 1 is 1.14 bits per heavy atom. The maximum atomic E-state index is 12.3. The van der Waals surface area contributed by atoms with E-state index in [1.54, 1.807) is 12.1 Å². The first kappa shape index (κ1) is 19.9. The Hall–Kier alpha value is -2.38. The van der Waals surface area contributed by atoms with Crippen LogP contribution < -0.4 is 10.6 Å². The highest BCUT2D eigenvalue weighted by atomic mass is 32.2. The van der Waals surface area contributed by atoms with Crippen LogP contribution in [0.5, 0.6) is 0 Å². The maximum Gasteiger partial charge on any atom is 0.405 e. The van der Waals surface area contributed by atoms with Crippen LogP contribution in [0.15, 0.2) is 47.4 Å². The zero-order chi connectivity index (χ0) is 20.9. The molecule has 29 heavy (non-hydrogen) atoms. The molecule has 154 valence electrons. The van der Waals surface area contributed by atoms with Crippen molar-refractivity contribution in [2.45, 2.75) is 36.6 Å². The molecule has 0 radical (unpaired) electrons. The molecule has 1 heterocycles. The Morgan fingerprint density at radius 3 is 2.48 bits per heavy atom. The summed E-state index contributed by atoms with van der Waals surface area (Å²) >= 11 is 0. The van der Waals surface area contributed by atoms with Crippen LogP contribution in [-0.4, -0.2) is 39.0 Å². The minimum Gasteiger partial charge on any atom is -0.465 e. The number of piperidine rings is 1. The fraction of sp³-hybridized carbons (Fsp3) is 0.409. The number of rotatable bonds is 3. The third kappa shape index (κ3) is 3.13. The van der Waals surface area contributed by atoms with E-state index in [1.807, 2.05) is 31.2 Å². The van der Waals surface area contributed by atoms with E-state index in [1.165, 1.54) is 6.26 Å². The molecular weight excluding hydrogens is 388 g/mol. The van der Waals surface area contributed by atoms with Gasteiger partial charge in [0.05, 0.1) is 4.90 Å². The summed E-state index contributed by atoms with van der Waals surface area (Å²) in [5.41, 5.74) is 2.18. The van der Waals surface area contributed by atoms with E-state index in [0.29, 0.717) is 5.56 Å². The van der Waals surface area contributed by atoms with E-state index < -0.39 is 21.5 Å². The van der Waals surface area contributed by atoms with Crippen molar-refractivity contribution in [3.8, 4) is 0 Å². The predicted molar refractivity (Wildman–Crippen MR) is 111 cm³/mol. The summed E-state index contributed by atoms with van der Waals surface area (Å²) in [7, 11) is -3.44. The lowest BCUT2D eigenvalue weighted by atomic mass is 9.61. The first-order valence-electron chi connectivity index (χ1n) is 9.80. The average Bonchev–Trinajstić information content (AvgIpc) is 2.90. The highest BCUT2D eigenvalue weighted by molar-refractivity contribution is 7.90. The lowest BCUT2D eigenvalue weighted by Gasteiger charge is -2.49. The van der Waals surface area contributed by atoms with Gasteiger partial charge in [0.1, 0.15) is 5.54 Å². The number of amides is 1. The molecule has 1 aliphatic heterocycles. The molecule has 2 aliphatic rings. The molecule has 7 heteroatoms. The summed E-state index contributed by atoms with van der Waals surface area (Å²) in [6.07, 6.45) is 2.43. The molecule has 0 saturated carbocycles. The zero-order valence-electron chi connectivity index (χ0n) is 16.7. The Kier molecular flexibility index (Phi) is 4.70. The SMILES string of the molecule is Cc1cc([C@@]2(NC(=O)O)c3ccccc3CC23CCNCC3)cc(S(C)(=O)=O)c1. The largest absolute Gasteiger partial charge is 0.465 e. The lowest BCUT2D eigenvalue weighted by molar-refractivity contribution is 0.0849. The van der Waals surface area contributed by atoms with Gasteiger partial charge in [0.15, 0.2) is 9.84 Å². The predicted octanol–water partition coefficient (Wildman–Crippen LogP) is 2.84. The first-order chi connectivity index (χ1) is 13.7.